The Bertz CT molecular complexity index is 456. The zero-order chi connectivity index (χ0) is 13.7. The average Bonchev–Trinajstić information content (AvgIpc) is 2.42. The fourth-order valence-electron chi connectivity index (χ4n) is 2.57. The predicted octanol–water partition coefficient (Wildman–Crippen LogP) is 2.51. The highest BCUT2D eigenvalue weighted by Crippen LogP contribution is 2.23. The van der Waals surface area contributed by atoms with E-state index in [9.17, 15) is 0 Å². The van der Waals surface area contributed by atoms with Crippen molar-refractivity contribution in [1.82, 2.24) is 4.90 Å². The Balaban J connectivity index is 1.89. The van der Waals surface area contributed by atoms with Gasteiger partial charge in [0.05, 0.1) is 13.7 Å². The summed E-state index contributed by atoms with van der Waals surface area (Å²) in [7, 11) is 1.70. The van der Waals surface area contributed by atoms with Gasteiger partial charge in [0.25, 0.3) is 0 Å². The summed E-state index contributed by atoms with van der Waals surface area (Å²) >= 11 is 0. The molecule has 0 aliphatic carbocycles. The van der Waals surface area contributed by atoms with Crippen LogP contribution in [0, 0.1) is 19.3 Å². The van der Waals surface area contributed by atoms with Gasteiger partial charge in [-0.2, -0.15) is 0 Å². The first-order valence-corrected chi connectivity index (χ1v) is 6.80. The van der Waals surface area contributed by atoms with Crippen LogP contribution in [0.3, 0.4) is 0 Å². The van der Waals surface area contributed by atoms with Gasteiger partial charge in [0.15, 0.2) is 0 Å². The van der Waals surface area contributed by atoms with Gasteiger partial charge in [-0.05, 0) is 43.5 Å². The number of ether oxygens (including phenoxy) is 1. The van der Waals surface area contributed by atoms with Crippen LogP contribution in [0.4, 0.5) is 5.69 Å². The molecule has 2 rings (SSSR count). The lowest BCUT2D eigenvalue weighted by Gasteiger charge is -2.31. The molecule has 0 saturated carbocycles. The monoisotopic (exact) mass is 258 g/mol. The van der Waals surface area contributed by atoms with Crippen LogP contribution in [0.15, 0.2) is 18.2 Å². The van der Waals surface area contributed by atoms with Gasteiger partial charge < -0.3 is 10.1 Å². The van der Waals surface area contributed by atoms with Gasteiger partial charge in [0, 0.05) is 24.8 Å². The number of terminal acetylenes is 1. The third-order valence-corrected chi connectivity index (χ3v) is 3.67. The highest BCUT2D eigenvalue weighted by molar-refractivity contribution is 5.51. The van der Waals surface area contributed by atoms with Crippen LogP contribution in [0.5, 0.6) is 5.75 Å². The normalized spacial score (nSPS) is 16.9. The lowest BCUT2D eigenvalue weighted by molar-refractivity contribution is 0.243. The molecule has 1 aromatic carbocycles. The molecule has 1 N–H and O–H groups in total. The van der Waals surface area contributed by atoms with Crippen LogP contribution in [-0.2, 0) is 0 Å². The Morgan fingerprint density at radius 3 is 2.74 bits per heavy atom. The number of likely N-dealkylation sites (tertiary alicyclic amines) is 1. The highest BCUT2D eigenvalue weighted by Gasteiger charge is 2.18. The van der Waals surface area contributed by atoms with E-state index in [1.54, 1.807) is 7.11 Å². The molecule has 1 aliphatic heterocycles. The topological polar surface area (TPSA) is 24.5 Å². The van der Waals surface area contributed by atoms with Crippen LogP contribution in [0.2, 0.25) is 0 Å². The molecule has 0 unspecified atom stereocenters. The molecule has 102 valence electrons. The lowest BCUT2D eigenvalue weighted by Crippen LogP contribution is -2.39. The summed E-state index contributed by atoms with van der Waals surface area (Å²) in [4.78, 5) is 2.33. The number of nitrogens with one attached hydrogen (secondary N) is 1. The highest BCUT2D eigenvalue weighted by atomic mass is 16.5. The van der Waals surface area contributed by atoms with Gasteiger partial charge in [-0.15, -0.1) is 6.42 Å². The molecular weight excluding hydrogens is 236 g/mol. The van der Waals surface area contributed by atoms with Crippen LogP contribution in [0.25, 0.3) is 0 Å². The molecule has 1 aliphatic rings. The first kappa shape index (κ1) is 13.8. The fraction of sp³-hybridized carbons (Fsp3) is 0.500. The summed E-state index contributed by atoms with van der Waals surface area (Å²) < 4.78 is 5.28. The van der Waals surface area contributed by atoms with Crippen molar-refractivity contribution in [3.8, 4) is 18.1 Å². The first-order valence-electron chi connectivity index (χ1n) is 6.80. The average molecular weight is 258 g/mol. The molecule has 1 fully saturated rings. The number of nitrogens with zero attached hydrogens (tertiary/aromatic N) is 1. The van der Waals surface area contributed by atoms with Gasteiger partial charge in [-0.3, -0.25) is 4.90 Å². The molecular formula is C16H22N2O. The van der Waals surface area contributed by atoms with Crippen molar-refractivity contribution in [3.05, 3.63) is 23.8 Å². The van der Waals surface area contributed by atoms with Crippen molar-refractivity contribution in [3.63, 3.8) is 0 Å². The van der Waals surface area contributed by atoms with E-state index in [1.807, 2.05) is 6.07 Å². The number of piperidine rings is 1. The fourth-order valence-corrected chi connectivity index (χ4v) is 2.57. The maximum atomic E-state index is 5.34. The van der Waals surface area contributed by atoms with Crippen molar-refractivity contribution in [1.29, 1.82) is 0 Å². The summed E-state index contributed by atoms with van der Waals surface area (Å²) in [5.41, 5.74) is 2.34. The maximum absolute atomic E-state index is 5.34. The predicted molar refractivity (Wildman–Crippen MR) is 79.6 cm³/mol. The Kier molecular flexibility index (Phi) is 4.70. The minimum absolute atomic E-state index is 0.543. The number of methoxy groups -OCH3 is 1. The SMILES string of the molecule is C#CCN1CCC(Nc2ccc(OC)c(C)c2)CC1. The van der Waals surface area contributed by atoms with Gasteiger partial charge in [-0.25, -0.2) is 0 Å². The van der Waals surface area contributed by atoms with Crippen LogP contribution in [0.1, 0.15) is 18.4 Å². The molecule has 0 amide bonds. The zero-order valence-corrected chi connectivity index (χ0v) is 11.8. The van der Waals surface area contributed by atoms with E-state index in [1.165, 1.54) is 5.69 Å². The van der Waals surface area contributed by atoms with Crippen LogP contribution >= 0.6 is 0 Å². The van der Waals surface area contributed by atoms with Gasteiger partial charge in [0.1, 0.15) is 5.75 Å². The van der Waals surface area contributed by atoms with Gasteiger partial charge in [0.2, 0.25) is 0 Å². The summed E-state index contributed by atoms with van der Waals surface area (Å²) in [6.07, 6.45) is 7.63. The lowest BCUT2D eigenvalue weighted by atomic mass is 10.0. The minimum atomic E-state index is 0.543. The standard InChI is InChI=1S/C16H22N2O/c1-4-9-18-10-7-14(8-11-18)17-15-5-6-16(19-3)13(2)12-15/h1,5-6,12,14,17H,7-11H2,2-3H3. The number of anilines is 1. The van der Waals surface area contributed by atoms with Crippen molar-refractivity contribution in [2.45, 2.75) is 25.8 Å². The second-order valence-corrected chi connectivity index (χ2v) is 5.08. The Morgan fingerprint density at radius 1 is 1.42 bits per heavy atom. The number of aryl methyl sites for hydroxylation is 1. The van der Waals surface area contributed by atoms with Gasteiger partial charge in [-0.1, -0.05) is 5.92 Å². The van der Waals surface area contributed by atoms with E-state index < -0.39 is 0 Å². The Labute approximate surface area is 115 Å². The zero-order valence-electron chi connectivity index (χ0n) is 11.8. The van der Waals surface area contributed by atoms with Crippen LogP contribution < -0.4 is 10.1 Å². The molecule has 1 heterocycles. The third kappa shape index (κ3) is 3.65. The van der Waals surface area contributed by atoms with E-state index in [2.05, 4.69) is 35.2 Å². The molecule has 3 nitrogen and oxygen atoms in total. The van der Waals surface area contributed by atoms with Crippen molar-refractivity contribution >= 4 is 5.69 Å². The number of hydrogen-bond donors (Lipinski definition) is 1. The molecule has 0 aromatic heterocycles. The quantitative estimate of drug-likeness (QED) is 0.840. The van der Waals surface area contributed by atoms with E-state index in [4.69, 9.17) is 11.2 Å². The Hall–Kier alpha value is -1.66. The summed E-state index contributed by atoms with van der Waals surface area (Å²) in [6, 6.07) is 6.79. The van der Waals surface area contributed by atoms with Crippen molar-refractivity contribution < 1.29 is 4.74 Å². The maximum Gasteiger partial charge on any atom is 0.121 e. The summed E-state index contributed by atoms with van der Waals surface area (Å²) in [5.74, 6) is 3.65. The van der Waals surface area contributed by atoms with Crippen molar-refractivity contribution in [2.24, 2.45) is 0 Å². The molecule has 0 atom stereocenters. The van der Waals surface area contributed by atoms with E-state index in [-0.39, 0.29) is 0 Å². The molecule has 3 heteroatoms. The molecule has 0 bridgehead atoms. The smallest absolute Gasteiger partial charge is 0.121 e. The number of benzene rings is 1. The van der Waals surface area contributed by atoms with E-state index >= 15 is 0 Å². The molecule has 0 radical (unpaired) electrons. The minimum Gasteiger partial charge on any atom is -0.496 e. The van der Waals surface area contributed by atoms with Crippen molar-refractivity contribution in [2.75, 3.05) is 32.1 Å². The van der Waals surface area contributed by atoms with Gasteiger partial charge >= 0.3 is 0 Å². The summed E-state index contributed by atoms with van der Waals surface area (Å²) in [6.45, 7) is 5.00. The number of hydrogen-bond acceptors (Lipinski definition) is 3. The van der Waals surface area contributed by atoms with E-state index in [0.717, 1.165) is 43.8 Å². The largest absolute Gasteiger partial charge is 0.496 e. The second kappa shape index (κ2) is 6.49. The second-order valence-electron chi connectivity index (χ2n) is 5.08. The molecule has 19 heavy (non-hydrogen) atoms. The molecule has 1 aromatic rings. The number of rotatable bonds is 4. The third-order valence-electron chi connectivity index (χ3n) is 3.67. The molecule has 0 spiro atoms. The first-order chi connectivity index (χ1) is 9.22. The van der Waals surface area contributed by atoms with Crippen LogP contribution in [-0.4, -0.2) is 37.7 Å². The summed E-state index contributed by atoms with van der Waals surface area (Å²) in [5, 5.41) is 3.60. The Morgan fingerprint density at radius 2 is 2.16 bits per heavy atom. The van der Waals surface area contributed by atoms with E-state index in [0.29, 0.717) is 6.04 Å². The molecule has 1 saturated heterocycles.